The van der Waals surface area contributed by atoms with E-state index in [1.54, 1.807) is 13.1 Å². The molecule has 0 aliphatic carbocycles. The molecule has 0 saturated heterocycles. The molecule has 7 nitrogen and oxygen atoms in total. The maximum Gasteiger partial charge on any atom is 0.266 e. The Balaban J connectivity index is 2.10. The minimum atomic E-state index is -1.34. The van der Waals surface area contributed by atoms with Crippen LogP contribution in [-0.2, 0) is 16.9 Å². The minimum Gasteiger partial charge on any atom is -0.494 e. The molecule has 166 valence electrons. The number of ether oxygens (including phenoxy) is 1. The van der Waals surface area contributed by atoms with Gasteiger partial charge in [-0.2, -0.15) is 0 Å². The highest BCUT2D eigenvalue weighted by molar-refractivity contribution is 6.09. The van der Waals surface area contributed by atoms with E-state index in [1.165, 1.54) is 4.90 Å². The van der Waals surface area contributed by atoms with Gasteiger partial charge in [0.05, 0.1) is 12.3 Å². The van der Waals surface area contributed by atoms with Gasteiger partial charge >= 0.3 is 0 Å². The summed E-state index contributed by atoms with van der Waals surface area (Å²) in [7, 11) is 1.61. The minimum absolute atomic E-state index is 0.0204. The first-order valence-corrected chi connectivity index (χ1v) is 11.0. The summed E-state index contributed by atoms with van der Waals surface area (Å²) in [6.45, 7) is 7.17. The average molecular weight is 425 g/mol. The van der Waals surface area contributed by atoms with Gasteiger partial charge in [-0.15, -0.1) is 0 Å². The summed E-state index contributed by atoms with van der Waals surface area (Å²) in [5.74, 6) is 0.597. The number of guanidine groups is 1. The number of aliphatic imine (C=N–C) groups is 1. The number of carbonyl (C=O) groups is 2. The molecule has 1 atom stereocenters. The number of aryl methyl sites for hydroxylation is 1. The predicted octanol–water partition coefficient (Wildman–Crippen LogP) is 3.70. The Morgan fingerprint density at radius 1 is 1.16 bits per heavy atom. The van der Waals surface area contributed by atoms with Crippen molar-refractivity contribution in [2.75, 3.05) is 13.7 Å². The van der Waals surface area contributed by atoms with Gasteiger partial charge in [-0.1, -0.05) is 38.8 Å². The van der Waals surface area contributed by atoms with Crippen molar-refractivity contribution in [3.8, 4) is 5.75 Å². The second kappa shape index (κ2) is 9.37. The molecular formula is C24H32N4O3. The second-order valence-corrected chi connectivity index (χ2v) is 7.80. The molecule has 1 aliphatic rings. The quantitative estimate of drug-likeness (QED) is 0.465. The molecule has 0 radical (unpaired) electrons. The molecule has 0 saturated carbocycles. The van der Waals surface area contributed by atoms with Gasteiger partial charge in [0.2, 0.25) is 0 Å². The molecule has 3 rings (SSSR count). The largest absolute Gasteiger partial charge is 0.494 e. The Morgan fingerprint density at radius 2 is 1.94 bits per heavy atom. The third-order valence-corrected chi connectivity index (χ3v) is 5.77. The zero-order valence-corrected chi connectivity index (χ0v) is 18.9. The fourth-order valence-electron chi connectivity index (χ4n) is 3.92. The number of ketones is 1. The van der Waals surface area contributed by atoms with Crippen LogP contribution >= 0.6 is 0 Å². The summed E-state index contributed by atoms with van der Waals surface area (Å²) in [6.07, 6.45) is 5.42. The van der Waals surface area contributed by atoms with Gasteiger partial charge in [0.25, 0.3) is 5.91 Å². The van der Waals surface area contributed by atoms with Crippen LogP contribution in [0.4, 0.5) is 0 Å². The highest BCUT2D eigenvalue weighted by Gasteiger charge is 2.50. The van der Waals surface area contributed by atoms with E-state index < -0.39 is 5.54 Å². The maximum absolute atomic E-state index is 13.5. The fraction of sp³-hybridized carbons (Fsp3) is 0.458. The number of hydrogen-bond donors (Lipinski definition) is 1. The average Bonchev–Trinajstić information content (AvgIpc) is 3.32. The van der Waals surface area contributed by atoms with E-state index >= 15 is 0 Å². The lowest BCUT2D eigenvalue weighted by Gasteiger charge is -2.25. The van der Waals surface area contributed by atoms with Gasteiger partial charge in [0.15, 0.2) is 17.3 Å². The van der Waals surface area contributed by atoms with E-state index in [4.69, 9.17) is 10.5 Å². The Labute approximate surface area is 183 Å². The maximum atomic E-state index is 13.5. The lowest BCUT2D eigenvalue weighted by Crippen LogP contribution is -2.41. The normalized spacial score (nSPS) is 18.4. The predicted molar refractivity (Wildman–Crippen MR) is 121 cm³/mol. The number of nitrogens with two attached hydrogens (primary N) is 1. The smallest absolute Gasteiger partial charge is 0.266 e. The summed E-state index contributed by atoms with van der Waals surface area (Å²) in [5.41, 5.74) is 6.61. The van der Waals surface area contributed by atoms with Gasteiger partial charge in [-0.05, 0) is 37.1 Å². The van der Waals surface area contributed by atoms with Crippen LogP contribution in [0.1, 0.15) is 68.1 Å². The molecule has 2 N–H and O–H groups in total. The summed E-state index contributed by atoms with van der Waals surface area (Å²) in [5, 5.41) is 0. The van der Waals surface area contributed by atoms with Gasteiger partial charge in [0, 0.05) is 31.8 Å². The number of amides is 1. The van der Waals surface area contributed by atoms with Crippen LogP contribution < -0.4 is 10.5 Å². The molecule has 7 heteroatoms. The van der Waals surface area contributed by atoms with Crippen molar-refractivity contribution in [3.63, 3.8) is 0 Å². The van der Waals surface area contributed by atoms with Crippen LogP contribution in [0, 0.1) is 0 Å². The van der Waals surface area contributed by atoms with Crippen molar-refractivity contribution in [2.24, 2.45) is 10.7 Å². The number of nitrogens with zero attached hydrogens (tertiary/aromatic N) is 3. The lowest BCUT2D eigenvalue weighted by molar-refractivity contribution is -0.129. The number of likely N-dealkylation sites (N-methyl/N-ethyl adjacent to an activating group) is 1. The Bertz CT molecular complexity index is 994. The summed E-state index contributed by atoms with van der Waals surface area (Å²) in [4.78, 5) is 32.0. The van der Waals surface area contributed by atoms with Crippen molar-refractivity contribution in [1.82, 2.24) is 9.47 Å². The first kappa shape index (κ1) is 22.6. The molecule has 0 bridgehead atoms. The number of hydrogen-bond acceptors (Lipinski definition) is 5. The van der Waals surface area contributed by atoms with Crippen LogP contribution in [0.2, 0.25) is 0 Å². The molecular weight excluding hydrogens is 392 g/mol. The number of aromatic nitrogens is 1. The molecule has 1 aliphatic heterocycles. The molecule has 1 aromatic heterocycles. The third-order valence-electron chi connectivity index (χ3n) is 5.77. The van der Waals surface area contributed by atoms with Gasteiger partial charge in [0.1, 0.15) is 5.75 Å². The topological polar surface area (TPSA) is 89.9 Å². The summed E-state index contributed by atoms with van der Waals surface area (Å²) >= 11 is 0. The zero-order chi connectivity index (χ0) is 22.6. The highest BCUT2D eigenvalue weighted by atomic mass is 16.5. The number of Topliss-reactive ketones (excluding diaryl/α,β-unsaturated/α-hetero) is 1. The summed E-state index contributed by atoms with van der Waals surface area (Å²) < 4.78 is 7.79. The van der Waals surface area contributed by atoms with Gasteiger partial charge < -0.3 is 15.0 Å². The Kier molecular flexibility index (Phi) is 6.83. The van der Waals surface area contributed by atoms with Crippen LogP contribution in [-0.4, -0.2) is 40.8 Å². The van der Waals surface area contributed by atoms with Crippen LogP contribution in [0.25, 0.3) is 0 Å². The van der Waals surface area contributed by atoms with E-state index in [-0.39, 0.29) is 17.6 Å². The SMILES string of the molecule is CCCCCOc1cccc(C2(c3cc(C(=O)CC)n(CC)c3)N=C(N)N(C)C2=O)c1. The van der Waals surface area contributed by atoms with Crippen LogP contribution in [0.3, 0.4) is 0 Å². The van der Waals surface area contributed by atoms with Crippen molar-refractivity contribution < 1.29 is 14.3 Å². The molecule has 1 unspecified atom stereocenters. The van der Waals surface area contributed by atoms with E-state index in [0.717, 1.165) is 19.3 Å². The molecule has 0 spiro atoms. The molecule has 2 aromatic rings. The van der Waals surface area contributed by atoms with Gasteiger partial charge in [-0.25, -0.2) is 4.99 Å². The van der Waals surface area contributed by atoms with Crippen LogP contribution in [0.5, 0.6) is 5.75 Å². The fourth-order valence-corrected chi connectivity index (χ4v) is 3.92. The van der Waals surface area contributed by atoms with E-state index in [1.807, 2.05) is 48.9 Å². The lowest BCUT2D eigenvalue weighted by atomic mass is 9.84. The van der Waals surface area contributed by atoms with Crippen molar-refractivity contribution >= 4 is 17.6 Å². The monoisotopic (exact) mass is 424 g/mol. The first-order valence-electron chi connectivity index (χ1n) is 11.0. The van der Waals surface area contributed by atoms with Crippen molar-refractivity contribution in [1.29, 1.82) is 0 Å². The Morgan fingerprint density at radius 3 is 2.55 bits per heavy atom. The standard InChI is InChI=1S/C24H32N4O3/c1-5-8-9-13-31-19-12-10-11-17(14-19)24(22(30)27(4)23(25)26-24)18-15-20(21(29)6-2)28(7-3)16-18/h10-12,14-16H,5-9,13H2,1-4H3,(H2,25,26). The number of rotatable bonds is 10. The third kappa shape index (κ3) is 4.09. The van der Waals surface area contributed by atoms with Gasteiger partial charge in [-0.3, -0.25) is 14.5 Å². The van der Waals surface area contributed by atoms with E-state index in [9.17, 15) is 9.59 Å². The zero-order valence-electron chi connectivity index (χ0n) is 18.9. The Hall–Kier alpha value is -3.09. The molecule has 0 fully saturated rings. The molecule has 1 amide bonds. The van der Waals surface area contributed by atoms with E-state index in [2.05, 4.69) is 11.9 Å². The summed E-state index contributed by atoms with van der Waals surface area (Å²) in [6, 6.07) is 9.22. The highest BCUT2D eigenvalue weighted by Crippen LogP contribution is 2.41. The number of benzene rings is 1. The number of unbranched alkanes of at least 4 members (excludes halogenated alkanes) is 2. The van der Waals surface area contributed by atoms with Crippen LogP contribution in [0.15, 0.2) is 41.5 Å². The van der Waals surface area contributed by atoms with Crippen molar-refractivity contribution in [2.45, 2.75) is 58.5 Å². The number of carbonyl (C=O) groups excluding carboxylic acids is 2. The van der Waals surface area contributed by atoms with Crippen molar-refractivity contribution in [3.05, 3.63) is 53.3 Å². The molecule has 31 heavy (non-hydrogen) atoms. The van der Waals surface area contributed by atoms with E-state index in [0.29, 0.717) is 42.1 Å². The molecule has 2 heterocycles. The second-order valence-electron chi connectivity index (χ2n) is 7.80. The molecule has 1 aromatic carbocycles. The first-order chi connectivity index (χ1) is 14.9.